The zero-order valence-corrected chi connectivity index (χ0v) is 13.3. The summed E-state index contributed by atoms with van der Waals surface area (Å²) in [7, 11) is 0. The summed E-state index contributed by atoms with van der Waals surface area (Å²) in [6, 6.07) is 4.11. The van der Waals surface area contributed by atoms with E-state index in [9.17, 15) is 9.18 Å². The maximum Gasteiger partial charge on any atom is 0.227 e. The Kier molecular flexibility index (Phi) is 5.62. The standard InChI is InChI=1S/C13H14ClFN4O2S/c1-2-19-12(17-18-13(19)22-7-11(16)20)6-21-8-3-4-10(15)9(14)5-8/h3-5H,2,6-7H2,1H3,(H2,16,20). The highest BCUT2D eigenvalue weighted by atomic mass is 35.5. The maximum absolute atomic E-state index is 13.1. The number of amides is 1. The summed E-state index contributed by atoms with van der Waals surface area (Å²) in [4.78, 5) is 10.8. The summed E-state index contributed by atoms with van der Waals surface area (Å²) in [6.07, 6.45) is 0. The van der Waals surface area contributed by atoms with Gasteiger partial charge >= 0.3 is 0 Å². The minimum absolute atomic E-state index is 0.00726. The van der Waals surface area contributed by atoms with Crippen LogP contribution in [-0.2, 0) is 17.9 Å². The highest BCUT2D eigenvalue weighted by Crippen LogP contribution is 2.22. The van der Waals surface area contributed by atoms with E-state index in [0.717, 1.165) is 0 Å². The molecule has 1 aromatic carbocycles. The van der Waals surface area contributed by atoms with Crippen LogP contribution in [-0.4, -0.2) is 26.4 Å². The second kappa shape index (κ2) is 7.46. The van der Waals surface area contributed by atoms with Crippen LogP contribution in [0.3, 0.4) is 0 Å². The number of ether oxygens (including phenoxy) is 1. The second-order valence-corrected chi connectivity index (χ2v) is 5.61. The van der Waals surface area contributed by atoms with Gasteiger partial charge in [-0.05, 0) is 19.1 Å². The molecule has 0 aliphatic heterocycles. The third-order valence-electron chi connectivity index (χ3n) is 2.71. The lowest BCUT2D eigenvalue weighted by Crippen LogP contribution is -2.14. The Morgan fingerprint density at radius 1 is 1.50 bits per heavy atom. The minimum Gasteiger partial charge on any atom is -0.486 e. The van der Waals surface area contributed by atoms with E-state index in [0.29, 0.717) is 23.3 Å². The first-order valence-electron chi connectivity index (χ1n) is 6.42. The van der Waals surface area contributed by atoms with Crippen molar-refractivity contribution in [3.05, 3.63) is 34.9 Å². The molecule has 0 atom stereocenters. The van der Waals surface area contributed by atoms with Gasteiger partial charge in [0.25, 0.3) is 0 Å². The Hall–Kier alpha value is -1.80. The fourth-order valence-electron chi connectivity index (χ4n) is 1.70. The zero-order chi connectivity index (χ0) is 16.1. The van der Waals surface area contributed by atoms with Gasteiger partial charge < -0.3 is 15.0 Å². The van der Waals surface area contributed by atoms with Gasteiger partial charge in [0.2, 0.25) is 5.91 Å². The average molecular weight is 345 g/mol. The molecule has 0 spiro atoms. The summed E-state index contributed by atoms with van der Waals surface area (Å²) in [5, 5.41) is 8.62. The molecule has 0 aliphatic carbocycles. The van der Waals surface area contributed by atoms with Crippen molar-refractivity contribution >= 4 is 29.3 Å². The van der Waals surface area contributed by atoms with Crippen molar-refractivity contribution in [2.45, 2.75) is 25.2 Å². The van der Waals surface area contributed by atoms with Gasteiger partial charge in [-0.3, -0.25) is 4.79 Å². The van der Waals surface area contributed by atoms with E-state index < -0.39 is 11.7 Å². The molecule has 6 nitrogen and oxygen atoms in total. The Bertz CT molecular complexity index is 680. The Balaban J connectivity index is 2.06. The number of carbonyl (C=O) groups is 1. The number of nitrogens with two attached hydrogens (primary N) is 1. The van der Waals surface area contributed by atoms with Crippen LogP contribution < -0.4 is 10.5 Å². The highest BCUT2D eigenvalue weighted by molar-refractivity contribution is 7.99. The number of aromatic nitrogens is 3. The Labute approximate surface area is 135 Å². The molecule has 2 rings (SSSR count). The van der Waals surface area contributed by atoms with Gasteiger partial charge in [0.15, 0.2) is 11.0 Å². The van der Waals surface area contributed by atoms with Crippen LogP contribution in [0.1, 0.15) is 12.7 Å². The molecular weight excluding hydrogens is 331 g/mol. The minimum atomic E-state index is -0.504. The predicted octanol–water partition coefficient (Wildman–Crippen LogP) is 2.25. The molecule has 2 aromatic rings. The second-order valence-electron chi connectivity index (χ2n) is 4.26. The number of hydrogen-bond acceptors (Lipinski definition) is 5. The number of carbonyl (C=O) groups excluding carboxylic acids is 1. The predicted molar refractivity (Wildman–Crippen MR) is 81.4 cm³/mol. The Morgan fingerprint density at radius 2 is 2.27 bits per heavy atom. The van der Waals surface area contributed by atoms with Crippen molar-refractivity contribution in [2.75, 3.05) is 5.75 Å². The van der Waals surface area contributed by atoms with Crippen molar-refractivity contribution < 1.29 is 13.9 Å². The molecule has 0 radical (unpaired) electrons. The number of rotatable bonds is 7. The number of benzene rings is 1. The van der Waals surface area contributed by atoms with Crippen molar-refractivity contribution in [3.8, 4) is 5.75 Å². The van der Waals surface area contributed by atoms with Crippen molar-refractivity contribution in [3.63, 3.8) is 0 Å². The monoisotopic (exact) mass is 344 g/mol. The summed E-state index contributed by atoms with van der Waals surface area (Å²) in [5.74, 6) is 0.232. The van der Waals surface area contributed by atoms with Crippen molar-refractivity contribution in [1.29, 1.82) is 0 Å². The van der Waals surface area contributed by atoms with E-state index in [2.05, 4.69) is 10.2 Å². The van der Waals surface area contributed by atoms with Gasteiger partial charge in [-0.15, -0.1) is 10.2 Å². The van der Waals surface area contributed by atoms with Crippen LogP contribution in [0.2, 0.25) is 5.02 Å². The lowest BCUT2D eigenvalue weighted by Gasteiger charge is -2.09. The quantitative estimate of drug-likeness (QED) is 0.779. The molecule has 0 saturated carbocycles. The normalized spacial score (nSPS) is 10.7. The van der Waals surface area contributed by atoms with Crippen molar-refractivity contribution in [2.24, 2.45) is 5.73 Å². The first-order valence-corrected chi connectivity index (χ1v) is 7.78. The molecule has 1 heterocycles. The zero-order valence-electron chi connectivity index (χ0n) is 11.8. The van der Waals surface area contributed by atoms with Crippen LogP contribution in [0.25, 0.3) is 0 Å². The lowest BCUT2D eigenvalue weighted by atomic mass is 10.3. The van der Waals surface area contributed by atoms with Crippen LogP contribution in [0, 0.1) is 5.82 Å². The number of halogens is 2. The van der Waals surface area contributed by atoms with Gasteiger partial charge in [-0.25, -0.2) is 4.39 Å². The third-order valence-corrected chi connectivity index (χ3v) is 3.99. The summed E-state index contributed by atoms with van der Waals surface area (Å²) in [5.41, 5.74) is 5.11. The van der Waals surface area contributed by atoms with Crippen LogP contribution >= 0.6 is 23.4 Å². The van der Waals surface area contributed by atoms with E-state index in [1.807, 2.05) is 11.5 Å². The van der Waals surface area contributed by atoms with Crippen molar-refractivity contribution in [1.82, 2.24) is 14.8 Å². The molecule has 9 heteroatoms. The summed E-state index contributed by atoms with van der Waals surface area (Å²) in [6.45, 7) is 2.70. The largest absolute Gasteiger partial charge is 0.486 e. The van der Waals surface area contributed by atoms with Gasteiger partial charge in [0.05, 0.1) is 10.8 Å². The summed E-state index contributed by atoms with van der Waals surface area (Å²) < 4.78 is 20.4. The number of thioether (sulfide) groups is 1. The highest BCUT2D eigenvalue weighted by Gasteiger charge is 2.13. The average Bonchev–Trinajstić information content (AvgIpc) is 2.88. The van der Waals surface area contributed by atoms with E-state index in [1.54, 1.807) is 0 Å². The van der Waals surface area contributed by atoms with E-state index in [1.165, 1.54) is 30.0 Å². The lowest BCUT2D eigenvalue weighted by molar-refractivity contribution is -0.115. The molecule has 22 heavy (non-hydrogen) atoms. The van der Waals surface area contributed by atoms with Crippen LogP contribution in [0.5, 0.6) is 5.75 Å². The molecule has 1 amide bonds. The smallest absolute Gasteiger partial charge is 0.227 e. The first-order chi connectivity index (χ1) is 10.5. The molecule has 0 bridgehead atoms. The van der Waals surface area contributed by atoms with Gasteiger partial charge in [0.1, 0.15) is 18.2 Å². The van der Waals surface area contributed by atoms with Crippen LogP contribution in [0.4, 0.5) is 4.39 Å². The molecule has 2 N–H and O–H groups in total. The number of nitrogens with zero attached hydrogens (tertiary/aromatic N) is 3. The van der Waals surface area contributed by atoms with Gasteiger partial charge in [-0.1, -0.05) is 23.4 Å². The number of primary amides is 1. The third kappa shape index (κ3) is 4.11. The van der Waals surface area contributed by atoms with E-state index >= 15 is 0 Å². The van der Waals surface area contributed by atoms with E-state index in [-0.39, 0.29) is 17.4 Å². The molecule has 0 aliphatic rings. The molecular formula is C13H14ClFN4O2S. The van der Waals surface area contributed by atoms with Gasteiger partial charge in [-0.2, -0.15) is 0 Å². The number of hydrogen-bond donors (Lipinski definition) is 1. The fraction of sp³-hybridized carbons (Fsp3) is 0.308. The summed E-state index contributed by atoms with van der Waals surface area (Å²) >= 11 is 6.91. The maximum atomic E-state index is 13.1. The first kappa shape index (κ1) is 16.6. The SMILES string of the molecule is CCn1c(COc2ccc(F)c(Cl)c2)nnc1SCC(N)=O. The molecule has 118 valence electrons. The molecule has 1 aromatic heterocycles. The van der Waals surface area contributed by atoms with Gasteiger partial charge in [0, 0.05) is 12.6 Å². The van der Waals surface area contributed by atoms with E-state index in [4.69, 9.17) is 22.1 Å². The fourth-order valence-corrected chi connectivity index (χ4v) is 2.63. The molecule has 0 saturated heterocycles. The topological polar surface area (TPSA) is 83.0 Å². The molecule has 0 fully saturated rings. The molecule has 0 unspecified atom stereocenters. The van der Waals surface area contributed by atoms with Crippen LogP contribution in [0.15, 0.2) is 23.4 Å². The Morgan fingerprint density at radius 3 is 2.91 bits per heavy atom.